The zero-order chi connectivity index (χ0) is 22.8. The SMILES string of the molecule is CC(C)(C)OC(=O)CSc1nc2cc(/C(N)=N/O)ccc2c(=O)n1-c1ccc(F)cc1. The van der Waals surface area contributed by atoms with E-state index in [4.69, 9.17) is 15.7 Å². The molecule has 0 fully saturated rings. The Hall–Kier alpha value is -3.40. The Kier molecular flexibility index (Phi) is 6.30. The molecule has 10 heteroatoms. The second-order valence-corrected chi connectivity index (χ2v) is 8.55. The van der Waals surface area contributed by atoms with Gasteiger partial charge in [-0.2, -0.15) is 0 Å². The van der Waals surface area contributed by atoms with E-state index in [0.717, 1.165) is 11.8 Å². The monoisotopic (exact) mass is 444 g/mol. The van der Waals surface area contributed by atoms with Crippen molar-refractivity contribution in [1.29, 1.82) is 0 Å². The van der Waals surface area contributed by atoms with Gasteiger partial charge < -0.3 is 15.7 Å². The number of nitrogens with two attached hydrogens (primary N) is 1. The van der Waals surface area contributed by atoms with E-state index in [1.165, 1.54) is 47.0 Å². The van der Waals surface area contributed by atoms with E-state index in [0.29, 0.717) is 16.8 Å². The van der Waals surface area contributed by atoms with Crippen molar-refractivity contribution in [3.63, 3.8) is 0 Å². The summed E-state index contributed by atoms with van der Waals surface area (Å²) in [5.41, 5.74) is 5.66. The van der Waals surface area contributed by atoms with E-state index in [1.807, 2.05) is 0 Å². The van der Waals surface area contributed by atoms with Crippen LogP contribution in [0.25, 0.3) is 16.6 Å². The molecule has 0 aliphatic carbocycles. The van der Waals surface area contributed by atoms with Crippen LogP contribution in [0.15, 0.2) is 57.6 Å². The summed E-state index contributed by atoms with van der Waals surface area (Å²) in [4.78, 5) is 29.9. The number of aromatic nitrogens is 2. The Balaban J connectivity index is 2.13. The van der Waals surface area contributed by atoms with Crippen LogP contribution in [0.2, 0.25) is 0 Å². The average Bonchev–Trinajstić information content (AvgIpc) is 2.71. The van der Waals surface area contributed by atoms with Crippen LogP contribution in [-0.2, 0) is 9.53 Å². The number of nitrogens with zero attached hydrogens (tertiary/aromatic N) is 3. The molecule has 0 saturated heterocycles. The third kappa shape index (κ3) is 5.21. The van der Waals surface area contributed by atoms with Gasteiger partial charge >= 0.3 is 5.97 Å². The molecule has 0 unspecified atom stereocenters. The first-order valence-electron chi connectivity index (χ1n) is 9.24. The molecule has 0 saturated carbocycles. The molecule has 0 spiro atoms. The summed E-state index contributed by atoms with van der Waals surface area (Å²) in [5.74, 6) is -1.13. The van der Waals surface area contributed by atoms with E-state index >= 15 is 0 Å². The smallest absolute Gasteiger partial charge is 0.316 e. The maximum absolute atomic E-state index is 13.4. The van der Waals surface area contributed by atoms with Crippen molar-refractivity contribution in [2.24, 2.45) is 10.9 Å². The van der Waals surface area contributed by atoms with Gasteiger partial charge in [-0.15, -0.1) is 0 Å². The number of benzene rings is 2. The molecule has 3 rings (SSSR count). The van der Waals surface area contributed by atoms with Crippen LogP contribution in [0.4, 0.5) is 4.39 Å². The molecule has 3 N–H and O–H groups in total. The van der Waals surface area contributed by atoms with Gasteiger partial charge in [0.15, 0.2) is 11.0 Å². The van der Waals surface area contributed by atoms with Crippen molar-refractivity contribution >= 4 is 34.5 Å². The molecule has 0 amide bonds. The minimum absolute atomic E-state index is 0.0870. The highest BCUT2D eigenvalue weighted by molar-refractivity contribution is 7.99. The van der Waals surface area contributed by atoms with Gasteiger partial charge in [-0.1, -0.05) is 23.0 Å². The lowest BCUT2D eigenvalue weighted by Crippen LogP contribution is -2.26. The third-order valence-corrected chi connectivity index (χ3v) is 4.98. The first-order chi connectivity index (χ1) is 14.6. The molecule has 162 valence electrons. The molecular formula is C21H21FN4O4S. The van der Waals surface area contributed by atoms with E-state index in [1.54, 1.807) is 20.8 Å². The summed E-state index contributed by atoms with van der Waals surface area (Å²) < 4.78 is 20.0. The van der Waals surface area contributed by atoms with Gasteiger partial charge in [-0.25, -0.2) is 9.37 Å². The number of halogens is 1. The van der Waals surface area contributed by atoms with Gasteiger partial charge in [0.1, 0.15) is 11.4 Å². The van der Waals surface area contributed by atoms with Gasteiger partial charge in [0.25, 0.3) is 5.56 Å². The van der Waals surface area contributed by atoms with Crippen LogP contribution in [-0.4, -0.2) is 37.9 Å². The predicted molar refractivity (Wildman–Crippen MR) is 116 cm³/mol. The van der Waals surface area contributed by atoms with Gasteiger partial charge in [0.2, 0.25) is 0 Å². The number of esters is 1. The minimum Gasteiger partial charge on any atom is -0.459 e. The molecule has 0 bridgehead atoms. The summed E-state index contributed by atoms with van der Waals surface area (Å²) in [6.45, 7) is 5.27. The largest absolute Gasteiger partial charge is 0.459 e. The van der Waals surface area contributed by atoms with E-state index in [9.17, 15) is 14.0 Å². The van der Waals surface area contributed by atoms with Crippen molar-refractivity contribution in [3.8, 4) is 5.69 Å². The summed E-state index contributed by atoms with van der Waals surface area (Å²) >= 11 is 1.02. The number of hydrogen-bond acceptors (Lipinski definition) is 7. The number of fused-ring (bicyclic) bond motifs is 1. The fraction of sp³-hybridized carbons (Fsp3) is 0.238. The maximum Gasteiger partial charge on any atom is 0.316 e. The molecule has 1 heterocycles. The normalized spacial score (nSPS) is 12.2. The van der Waals surface area contributed by atoms with Crippen molar-refractivity contribution < 1.29 is 19.1 Å². The van der Waals surface area contributed by atoms with Crippen LogP contribution in [0.5, 0.6) is 0 Å². The van der Waals surface area contributed by atoms with E-state index in [2.05, 4.69) is 10.1 Å². The number of amidine groups is 1. The van der Waals surface area contributed by atoms with Crippen LogP contribution in [0.3, 0.4) is 0 Å². The highest BCUT2D eigenvalue weighted by atomic mass is 32.2. The lowest BCUT2D eigenvalue weighted by atomic mass is 10.1. The summed E-state index contributed by atoms with van der Waals surface area (Å²) in [7, 11) is 0. The first kappa shape index (κ1) is 22.3. The van der Waals surface area contributed by atoms with Crippen LogP contribution >= 0.6 is 11.8 Å². The Bertz CT molecular complexity index is 1220. The topological polar surface area (TPSA) is 120 Å². The lowest BCUT2D eigenvalue weighted by molar-refractivity contribution is -0.151. The Morgan fingerprint density at radius 3 is 2.55 bits per heavy atom. The number of hydrogen-bond donors (Lipinski definition) is 2. The van der Waals surface area contributed by atoms with E-state index in [-0.39, 0.29) is 22.1 Å². The Labute approximate surface area is 181 Å². The van der Waals surface area contributed by atoms with E-state index < -0.39 is 22.9 Å². The lowest BCUT2D eigenvalue weighted by Gasteiger charge is -2.19. The second-order valence-electron chi connectivity index (χ2n) is 7.60. The van der Waals surface area contributed by atoms with Crippen molar-refractivity contribution in [1.82, 2.24) is 9.55 Å². The highest BCUT2D eigenvalue weighted by Crippen LogP contribution is 2.23. The number of rotatable bonds is 5. The van der Waals surface area contributed by atoms with Crippen LogP contribution in [0, 0.1) is 5.82 Å². The molecule has 0 aliphatic heterocycles. The fourth-order valence-electron chi connectivity index (χ4n) is 2.79. The third-order valence-electron chi connectivity index (χ3n) is 4.07. The fourth-order valence-corrected chi connectivity index (χ4v) is 3.58. The molecule has 2 aromatic carbocycles. The van der Waals surface area contributed by atoms with Crippen LogP contribution < -0.4 is 11.3 Å². The number of oxime groups is 1. The van der Waals surface area contributed by atoms with Gasteiger partial charge in [-0.05, 0) is 57.2 Å². The molecule has 3 aromatic rings. The van der Waals surface area contributed by atoms with Crippen LogP contribution in [0.1, 0.15) is 26.3 Å². The Morgan fingerprint density at radius 2 is 1.94 bits per heavy atom. The maximum atomic E-state index is 13.4. The molecule has 31 heavy (non-hydrogen) atoms. The summed E-state index contributed by atoms with van der Waals surface area (Å²) in [6, 6.07) is 9.92. The van der Waals surface area contributed by atoms with Crippen molar-refractivity contribution in [2.75, 3.05) is 5.75 Å². The molecule has 0 radical (unpaired) electrons. The Morgan fingerprint density at radius 1 is 1.26 bits per heavy atom. The zero-order valence-electron chi connectivity index (χ0n) is 17.1. The minimum atomic E-state index is -0.652. The van der Waals surface area contributed by atoms with Gasteiger partial charge in [0, 0.05) is 5.56 Å². The quantitative estimate of drug-likeness (QED) is 0.118. The van der Waals surface area contributed by atoms with Crippen molar-refractivity contribution in [2.45, 2.75) is 31.5 Å². The molecule has 0 aliphatic rings. The standard InChI is InChI=1S/C21H21FN4O4S/c1-21(2,3)30-17(27)11-31-20-24-16-10-12(18(23)25-29)4-9-15(16)19(28)26(20)14-7-5-13(22)6-8-14/h4-10,29H,11H2,1-3H3,(H2,23,25). The number of carbonyl (C=O) groups is 1. The number of ether oxygens (including phenoxy) is 1. The van der Waals surface area contributed by atoms with Crippen molar-refractivity contribution in [3.05, 3.63) is 64.2 Å². The zero-order valence-corrected chi connectivity index (χ0v) is 17.9. The first-order valence-corrected chi connectivity index (χ1v) is 10.2. The molecular weight excluding hydrogens is 423 g/mol. The molecule has 1 aromatic heterocycles. The summed E-state index contributed by atoms with van der Waals surface area (Å²) in [5, 5.41) is 12.4. The average molecular weight is 444 g/mol. The number of carbonyl (C=O) groups excluding carboxylic acids is 1. The molecule has 0 atom stereocenters. The van der Waals surface area contributed by atoms with Gasteiger partial charge in [-0.3, -0.25) is 14.2 Å². The summed E-state index contributed by atoms with van der Waals surface area (Å²) in [6.07, 6.45) is 0. The second kappa shape index (κ2) is 8.76. The van der Waals surface area contributed by atoms with Gasteiger partial charge in [0.05, 0.1) is 22.3 Å². The highest BCUT2D eigenvalue weighted by Gasteiger charge is 2.19. The molecule has 8 nitrogen and oxygen atoms in total. The predicted octanol–water partition coefficient (Wildman–Crippen LogP) is 3.05. The number of thioether (sulfide) groups is 1.